The number of hydrogen-bond acceptors (Lipinski definition) is 2. The zero-order valence-corrected chi connectivity index (χ0v) is 15.3. The Morgan fingerprint density at radius 1 is 1.17 bits per heavy atom. The molecule has 0 amide bonds. The van der Waals surface area contributed by atoms with E-state index in [2.05, 4.69) is 29.8 Å². The summed E-state index contributed by atoms with van der Waals surface area (Å²) in [6, 6.07) is 13.5. The molecule has 2 rings (SSSR count). The van der Waals surface area contributed by atoms with Crippen LogP contribution in [0.15, 0.2) is 53.0 Å². The Morgan fingerprint density at radius 2 is 1.87 bits per heavy atom. The Morgan fingerprint density at radius 3 is 2.48 bits per heavy atom. The summed E-state index contributed by atoms with van der Waals surface area (Å²) in [5.41, 5.74) is 2.81. The summed E-state index contributed by atoms with van der Waals surface area (Å²) in [7, 11) is 0. The highest BCUT2D eigenvalue weighted by Gasteiger charge is 2.05. The average Bonchev–Trinajstić information content (AvgIpc) is 2.55. The number of benzene rings is 2. The fraction of sp³-hybridized carbons (Fsp3) is 0.250. The van der Waals surface area contributed by atoms with Gasteiger partial charge in [0.25, 0.3) is 0 Å². The summed E-state index contributed by atoms with van der Waals surface area (Å²) in [5, 5.41) is 0. The molecule has 0 N–H and O–H groups in total. The van der Waals surface area contributed by atoms with E-state index in [1.54, 1.807) is 12.2 Å². The second kappa shape index (κ2) is 8.11. The molecule has 0 saturated carbocycles. The topological polar surface area (TPSA) is 26.3 Å². The molecule has 0 saturated heterocycles. The summed E-state index contributed by atoms with van der Waals surface area (Å²) in [5.74, 6) is 1.22. The van der Waals surface area contributed by atoms with E-state index in [0.29, 0.717) is 18.1 Å². The van der Waals surface area contributed by atoms with Crippen LogP contribution in [0.25, 0.3) is 6.08 Å². The van der Waals surface area contributed by atoms with Crippen LogP contribution >= 0.6 is 15.9 Å². The van der Waals surface area contributed by atoms with E-state index in [9.17, 15) is 4.79 Å². The van der Waals surface area contributed by atoms with Crippen molar-refractivity contribution in [1.29, 1.82) is 0 Å². The monoisotopic (exact) mass is 372 g/mol. The molecule has 2 nitrogen and oxygen atoms in total. The molecule has 23 heavy (non-hydrogen) atoms. The second-order valence-corrected chi connectivity index (χ2v) is 6.51. The van der Waals surface area contributed by atoms with Crippen LogP contribution in [0, 0.1) is 0 Å². The maximum absolute atomic E-state index is 12.3. The Balaban J connectivity index is 2.19. The molecule has 2 aromatic rings. The van der Waals surface area contributed by atoms with E-state index in [-0.39, 0.29) is 5.78 Å². The van der Waals surface area contributed by atoms with Gasteiger partial charge in [0.05, 0.1) is 6.61 Å². The first-order chi connectivity index (χ1) is 11.0. The van der Waals surface area contributed by atoms with E-state index >= 15 is 0 Å². The van der Waals surface area contributed by atoms with Crippen LogP contribution in [0.5, 0.6) is 5.75 Å². The van der Waals surface area contributed by atoms with Gasteiger partial charge in [-0.15, -0.1) is 0 Å². The van der Waals surface area contributed by atoms with E-state index in [0.717, 1.165) is 15.8 Å². The smallest absolute Gasteiger partial charge is 0.185 e. The van der Waals surface area contributed by atoms with Gasteiger partial charge in [0.1, 0.15) is 5.75 Å². The molecule has 0 atom stereocenters. The van der Waals surface area contributed by atoms with Gasteiger partial charge in [-0.25, -0.2) is 0 Å². The summed E-state index contributed by atoms with van der Waals surface area (Å²) in [6.45, 7) is 6.81. The number of hydrogen-bond donors (Lipinski definition) is 0. The van der Waals surface area contributed by atoms with Crippen molar-refractivity contribution in [1.82, 2.24) is 0 Å². The Labute approximate surface area is 146 Å². The number of halogens is 1. The molecule has 0 heterocycles. The first-order valence-corrected chi connectivity index (χ1v) is 8.55. The molecule has 3 heteroatoms. The molecule has 0 unspecified atom stereocenters. The standard InChI is InChI=1S/C20H21BrO2/c1-4-23-20-12-10-18(21)13-17(20)9-11-19(22)16-7-5-15(6-8-16)14(2)3/h5-14H,4H2,1-3H3/b11-9+. The molecule has 2 aromatic carbocycles. The summed E-state index contributed by atoms with van der Waals surface area (Å²) in [6.07, 6.45) is 3.39. The zero-order chi connectivity index (χ0) is 16.8. The van der Waals surface area contributed by atoms with E-state index in [1.807, 2.05) is 49.4 Å². The van der Waals surface area contributed by atoms with Gasteiger partial charge < -0.3 is 4.74 Å². The lowest BCUT2D eigenvalue weighted by atomic mass is 10.0. The van der Waals surface area contributed by atoms with Gasteiger partial charge in [0.15, 0.2) is 5.78 Å². The lowest BCUT2D eigenvalue weighted by Gasteiger charge is -2.07. The van der Waals surface area contributed by atoms with Gasteiger partial charge in [-0.3, -0.25) is 4.79 Å². The fourth-order valence-electron chi connectivity index (χ4n) is 2.23. The van der Waals surface area contributed by atoms with Crippen molar-refractivity contribution in [3.8, 4) is 5.75 Å². The Bertz CT molecular complexity index is 700. The van der Waals surface area contributed by atoms with Crippen LogP contribution in [0.3, 0.4) is 0 Å². The molecule has 0 aromatic heterocycles. The van der Waals surface area contributed by atoms with Crippen LogP contribution in [0.1, 0.15) is 48.2 Å². The third-order valence-electron chi connectivity index (χ3n) is 3.55. The number of ketones is 1. The number of carbonyl (C=O) groups is 1. The minimum absolute atomic E-state index is 0.0114. The molecule has 0 fully saturated rings. The van der Waals surface area contributed by atoms with Gasteiger partial charge in [0.2, 0.25) is 0 Å². The van der Waals surface area contributed by atoms with Crippen molar-refractivity contribution in [2.45, 2.75) is 26.7 Å². The quantitative estimate of drug-likeness (QED) is 0.468. The fourth-order valence-corrected chi connectivity index (χ4v) is 2.61. The maximum Gasteiger partial charge on any atom is 0.185 e. The van der Waals surface area contributed by atoms with Crippen molar-refractivity contribution >= 4 is 27.8 Å². The van der Waals surface area contributed by atoms with Gasteiger partial charge >= 0.3 is 0 Å². The van der Waals surface area contributed by atoms with E-state index in [4.69, 9.17) is 4.74 Å². The van der Waals surface area contributed by atoms with Crippen LogP contribution in [-0.2, 0) is 0 Å². The van der Waals surface area contributed by atoms with Crippen molar-refractivity contribution < 1.29 is 9.53 Å². The Kier molecular flexibility index (Phi) is 6.17. The van der Waals surface area contributed by atoms with Crippen LogP contribution in [-0.4, -0.2) is 12.4 Å². The lowest BCUT2D eigenvalue weighted by Crippen LogP contribution is -1.97. The molecule has 0 spiro atoms. The van der Waals surface area contributed by atoms with Crippen LogP contribution in [0.2, 0.25) is 0 Å². The van der Waals surface area contributed by atoms with Crippen LogP contribution in [0.4, 0.5) is 0 Å². The molecular weight excluding hydrogens is 352 g/mol. The summed E-state index contributed by atoms with van der Waals surface area (Å²) < 4.78 is 6.54. The summed E-state index contributed by atoms with van der Waals surface area (Å²) >= 11 is 3.45. The number of allylic oxidation sites excluding steroid dienone is 1. The highest BCUT2D eigenvalue weighted by Crippen LogP contribution is 2.25. The Hall–Kier alpha value is -1.87. The molecule has 0 aliphatic carbocycles. The largest absolute Gasteiger partial charge is 0.493 e. The van der Waals surface area contributed by atoms with Crippen molar-refractivity contribution in [2.75, 3.05) is 6.61 Å². The molecule has 0 bridgehead atoms. The van der Waals surface area contributed by atoms with Crippen molar-refractivity contribution in [3.63, 3.8) is 0 Å². The van der Waals surface area contributed by atoms with E-state index < -0.39 is 0 Å². The first kappa shape index (κ1) is 17.5. The molecule has 0 aliphatic rings. The van der Waals surface area contributed by atoms with Gasteiger partial charge in [0, 0.05) is 15.6 Å². The molecule has 0 radical (unpaired) electrons. The van der Waals surface area contributed by atoms with Gasteiger partial charge in [-0.1, -0.05) is 54.0 Å². The number of rotatable bonds is 6. The molecule has 120 valence electrons. The van der Waals surface area contributed by atoms with Crippen molar-refractivity contribution in [3.05, 3.63) is 69.7 Å². The SMILES string of the molecule is CCOc1ccc(Br)cc1/C=C/C(=O)c1ccc(C(C)C)cc1. The second-order valence-electron chi connectivity index (χ2n) is 5.59. The minimum atomic E-state index is -0.0114. The van der Waals surface area contributed by atoms with Crippen LogP contribution < -0.4 is 4.74 Å². The van der Waals surface area contributed by atoms with Gasteiger partial charge in [-0.05, 0) is 48.8 Å². The minimum Gasteiger partial charge on any atom is -0.493 e. The van der Waals surface area contributed by atoms with E-state index in [1.165, 1.54) is 5.56 Å². The third-order valence-corrected chi connectivity index (χ3v) is 4.04. The number of ether oxygens (including phenoxy) is 1. The lowest BCUT2D eigenvalue weighted by molar-refractivity contribution is 0.104. The predicted octanol–water partition coefficient (Wildman–Crippen LogP) is 5.87. The first-order valence-electron chi connectivity index (χ1n) is 7.76. The highest BCUT2D eigenvalue weighted by atomic mass is 79.9. The average molecular weight is 373 g/mol. The molecular formula is C20H21BrO2. The highest BCUT2D eigenvalue weighted by molar-refractivity contribution is 9.10. The summed E-state index contributed by atoms with van der Waals surface area (Å²) in [4.78, 5) is 12.3. The third kappa shape index (κ3) is 4.80. The normalized spacial score (nSPS) is 11.2. The predicted molar refractivity (Wildman–Crippen MR) is 99.2 cm³/mol. The molecule has 0 aliphatic heterocycles. The van der Waals surface area contributed by atoms with Gasteiger partial charge in [-0.2, -0.15) is 0 Å². The number of carbonyl (C=O) groups excluding carboxylic acids is 1. The maximum atomic E-state index is 12.3. The van der Waals surface area contributed by atoms with Crippen molar-refractivity contribution in [2.24, 2.45) is 0 Å². The zero-order valence-electron chi connectivity index (χ0n) is 13.7.